The molecule has 1 amide bonds. The number of rotatable bonds is 3. The number of aromatic nitrogens is 1. The van der Waals surface area contributed by atoms with Crippen molar-refractivity contribution in [2.24, 2.45) is 11.8 Å². The predicted octanol–water partition coefficient (Wildman–Crippen LogP) is 2.72. The van der Waals surface area contributed by atoms with Crippen LogP contribution in [0.1, 0.15) is 36.4 Å². The first-order valence-electron chi connectivity index (χ1n) is 8.75. The van der Waals surface area contributed by atoms with Gasteiger partial charge in [0.05, 0.1) is 17.3 Å². The Bertz CT molecular complexity index is 570. The Morgan fingerprint density at radius 1 is 1.35 bits per heavy atom. The molecule has 6 heteroatoms. The maximum absolute atomic E-state index is 11.8. The van der Waals surface area contributed by atoms with Crippen molar-refractivity contribution in [1.82, 2.24) is 14.8 Å². The fraction of sp³-hybridized carbons (Fsp3) is 0.765. The summed E-state index contributed by atoms with van der Waals surface area (Å²) in [5.74, 6) is 2.36. The van der Waals surface area contributed by atoms with Crippen LogP contribution in [0.4, 0.5) is 4.79 Å². The molecular formula is C17H25N3O2S. The van der Waals surface area contributed by atoms with Crippen LogP contribution in [0.5, 0.6) is 0 Å². The van der Waals surface area contributed by atoms with Crippen LogP contribution < -0.4 is 0 Å². The molecule has 0 N–H and O–H groups in total. The number of aryl methyl sites for hydroxylation is 1. The number of thiazole rings is 1. The molecule has 1 aliphatic carbocycles. The van der Waals surface area contributed by atoms with E-state index in [1.54, 1.807) is 11.3 Å². The molecule has 5 nitrogen and oxygen atoms in total. The van der Waals surface area contributed by atoms with E-state index in [0.717, 1.165) is 43.7 Å². The van der Waals surface area contributed by atoms with E-state index in [2.05, 4.69) is 22.2 Å². The molecule has 1 unspecified atom stereocenters. The van der Waals surface area contributed by atoms with Crippen LogP contribution in [-0.2, 0) is 4.74 Å². The quantitative estimate of drug-likeness (QED) is 0.852. The van der Waals surface area contributed by atoms with Gasteiger partial charge in [0.1, 0.15) is 0 Å². The smallest absolute Gasteiger partial charge is 0.409 e. The minimum absolute atomic E-state index is 0.144. The van der Waals surface area contributed by atoms with Crippen LogP contribution in [0.25, 0.3) is 0 Å². The summed E-state index contributed by atoms with van der Waals surface area (Å²) < 4.78 is 5.10. The van der Waals surface area contributed by atoms with E-state index in [4.69, 9.17) is 4.74 Å². The predicted molar refractivity (Wildman–Crippen MR) is 89.8 cm³/mol. The van der Waals surface area contributed by atoms with Crippen molar-refractivity contribution in [3.63, 3.8) is 0 Å². The van der Waals surface area contributed by atoms with E-state index < -0.39 is 0 Å². The Labute approximate surface area is 141 Å². The lowest BCUT2D eigenvalue weighted by Crippen LogP contribution is -2.46. The fourth-order valence-electron chi connectivity index (χ4n) is 4.46. The number of likely N-dealkylation sites (tertiary alicyclic amines) is 2. The first kappa shape index (κ1) is 15.4. The molecule has 0 bridgehead atoms. The van der Waals surface area contributed by atoms with Gasteiger partial charge in [0, 0.05) is 43.5 Å². The molecule has 0 spiro atoms. The third-order valence-electron chi connectivity index (χ3n) is 5.71. The van der Waals surface area contributed by atoms with Crippen LogP contribution >= 0.6 is 11.3 Å². The van der Waals surface area contributed by atoms with Crippen molar-refractivity contribution in [3.8, 4) is 0 Å². The summed E-state index contributed by atoms with van der Waals surface area (Å²) >= 11 is 1.77. The van der Waals surface area contributed by atoms with Gasteiger partial charge in [0.25, 0.3) is 0 Å². The van der Waals surface area contributed by atoms with Crippen molar-refractivity contribution >= 4 is 17.4 Å². The number of carbonyl (C=O) groups is 1. The molecule has 1 aromatic rings. The molecule has 2 aliphatic heterocycles. The van der Waals surface area contributed by atoms with Crippen molar-refractivity contribution in [2.45, 2.75) is 38.6 Å². The lowest BCUT2D eigenvalue weighted by molar-refractivity contribution is 0.0774. The van der Waals surface area contributed by atoms with Gasteiger partial charge in [-0.15, -0.1) is 11.3 Å². The second-order valence-electron chi connectivity index (χ2n) is 7.02. The molecule has 1 saturated carbocycles. The van der Waals surface area contributed by atoms with Crippen LogP contribution in [0, 0.1) is 18.8 Å². The molecule has 3 aliphatic rings. The Hall–Kier alpha value is -1.14. The monoisotopic (exact) mass is 335 g/mol. The summed E-state index contributed by atoms with van der Waals surface area (Å²) in [4.78, 5) is 21.0. The van der Waals surface area contributed by atoms with Gasteiger partial charge in [0.15, 0.2) is 0 Å². The second kappa shape index (κ2) is 6.06. The van der Waals surface area contributed by atoms with Gasteiger partial charge in [0.2, 0.25) is 0 Å². The molecule has 2 saturated heterocycles. The van der Waals surface area contributed by atoms with E-state index in [1.807, 2.05) is 11.8 Å². The highest BCUT2D eigenvalue weighted by Gasteiger charge is 2.58. The molecule has 3 atom stereocenters. The van der Waals surface area contributed by atoms with Crippen molar-refractivity contribution in [3.05, 3.63) is 16.1 Å². The number of nitrogens with zero attached hydrogens (tertiary/aromatic N) is 3. The second-order valence-corrected chi connectivity index (χ2v) is 8.08. The summed E-state index contributed by atoms with van der Waals surface area (Å²) in [5.41, 5.74) is 1.33. The van der Waals surface area contributed by atoms with Crippen molar-refractivity contribution in [1.29, 1.82) is 0 Å². The van der Waals surface area contributed by atoms with Crippen LogP contribution in [-0.4, -0.2) is 59.7 Å². The van der Waals surface area contributed by atoms with Gasteiger partial charge in [-0.25, -0.2) is 9.78 Å². The van der Waals surface area contributed by atoms with Crippen molar-refractivity contribution < 1.29 is 9.53 Å². The lowest BCUT2D eigenvalue weighted by Gasteiger charge is -2.37. The largest absolute Gasteiger partial charge is 0.450 e. The van der Waals surface area contributed by atoms with Gasteiger partial charge in [-0.1, -0.05) is 0 Å². The molecule has 0 radical (unpaired) electrons. The van der Waals surface area contributed by atoms with Gasteiger partial charge in [-0.05, 0) is 38.5 Å². The fourth-order valence-corrected chi connectivity index (χ4v) is 5.12. The summed E-state index contributed by atoms with van der Waals surface area (Å²) in [7, 11) is 0. The van der Waals surface area contributed by atoms with Gasteiger partial charge in [-0.2, -0.15) is 0 Å². The summed E-state index contributed by atoms with van der Waals surface area (Å²) in [5, 5.41) is 3.44. The molecule has 0 aromatic carbocycles. The average molecular weight is 335 g/mol. The molecule has 4 rings (SSSR count). The lowest BCUT2D eigenvalue weighted by atomic mass is 10.0. The Kier molecular flexibility index (Phi) is 4.05. The van der Waals surface area contributed by atoms with Crippen LogP contribution in [0.15, 0.2) is 5.38 Å². The van der Waals surface area contributed by atoms with Crippen molar-refractivity contribution in [2.75, 3.05) is 32.8 Å². The highest BCUT2D eigenvalue weighted by molar-refractivity contribution is 7.09. The summed E-state index contributed by atoms with van der Waals surface area (Å²) in [6.45, 7) is 8.53. The zero-order valence-electron chi connectivity index (χ0n) is 13.9. The Morgan fingerprint density at radius 2 is 2.04 bits per heavy atom. The van der Waals surface area contributed by atoms with E-state index in [1.165, 1.54) is 23.8 Å². The zero-order chi connectivity index (χ0) is 16.0. The number of hydrogen-bond acceptors (Lipinski definition) is 5. The first-order valence-corrected chi connectivity index (χ1v) is 9.63. The maximum atomic E-state index is 11.8. The standard InChI is InChI=1S/C17H25N3O2S/c1-3-22-17(21)19-6-4-12(5-7-19)20-8-13-14(9-20)16(13)15-10-23-11(2)18-15/h10,12-14,16H,3-9H2,1-2H3/t13-,14?,16+/m0/s1. The number of hydrogen-bond donors (Lipinski definition) is 0. The van der Waals surface area contributed by atoms with E-state index in [-0.39, 0.29) is 6.09 Å². The topological polar surface area (TPSA) is 45.7 Å². The highest BCUT2D eigenvalue weighted by Crippen LogP contribution is 2.58. The van der Waals surface area contributed by atoms with E-state index in [9.17, 15) is 4.79 Å². The summed E-state index contributed by atoms with van der Waals surface area (Å²) in [6.07, 6.45) is 2.02. The molecular weight excluding hydrogens is 310 g/mol. The number of carbonyl (C=O) groups excluding carboxylic acids is 1. The molecule has 3 fully saturated rings. The number of piperidine rings is 2. The number of ether oxygens (including phenoxy) is 1. The molecule has 126 valence electrons. The normalized spacial score (nSPS) is 31.2. The van der Waals surface area contributed by atoms with Gasteiger partial charge >= 0.3 is 6.09 Å². The van der Waals surface area contributed by atoms with Crippen LogP contribution in [0.3, 0.4) is 0 Å². The third kappa shape index (κ3) is 2.87. The zero-order valence-corrected chi connectivity index (χ0v) is 14.7. The molecule has 1 aromatic heterocycles. The van der Waals surface area contributed by atoms with Gasteiger partial charge in [-0.3, -0.25) is 4.90 Å². The number of fused-ring (bicyclic) bond motifs is 1. The minimum atomic E-state index is -0.144. The minimum Gasteiger partial charge on any atom is -0.450 e. The summed E-state index contributed by atoms with van der Waals surface area (Å²) in [6, 6.07) is 0.645. The first-order chi connectivity index (χ1) is 11.2. The average Bonchev–Trinajstić information content (AvgIpc) is 2.91. The Morgan fingerprint density at radius 3 is 2.61 bits per heavy atom. The Balaban J connectivity index is 1.26. The third-order valence-corrected chi connectivity index (χ3v) is 6.50. The highest BCUT2D eigenvalue weighted by atomic mass is 32.1. The number of amides is 1. The van der Waals surface area contributed by atoms with E-state index in [0.29, 0.717) is 12.6 Å². The molecule has 23 heavy (non-hydrogen) atoms. The SMILES string of the molecule is CCOC(=O)N1CCC(N2CC3[C@H](C2)[C@H]3c2csc(C)n2)CC1. The molecule has 3 heterocycles. The van der Waals surface area contributed by atoms with E-state index >= 15 is 0 Å². The van der Waals surface area contributed by atoms with Gasteiger partial charge < -0.3 is 9.64 Å². The van der Waals surface area contributed by atoms with Crippen LogP contribution in [0.2, 0.25) is 0 Å². The maximum Gasteiger partial charge on any atom is 0.409 e.